The van der Waals surface area contributed by atoms with Crippen LogP contribution in [-0.2, 0) is 0 Å². The van der Waals surface area contributed by atoms with Gasteiger partial charge in [0.05, 0.1) is 5.56 Å². The highest BCUT2D eigenvalue weighted by molar-refractivity contribution is 9.11. The van der Waals surface area contributed by atoms with Crippen molar-refractivity contribution in [3.8, 4) is 0 Å². The predicted octanol–water partition coefficient (Wildman–Crippen LogP) is 5.25. The Kier molecular flexibility index (Phi) is 4.75. The summed E-state index contributed by atoms with van der Waals surface area (Å²) in [6.45, 7) is 3.27. The summed E-state index contributed by atoms with van der Waals surface area (Å²) in [5.74, 6) is 1.65. The molecule has 0 radical (unpaired) electrons. The van der Waals surface area contributed by atoms with Gasteiger partial charge in [0.1, 0.15) is 0 Å². The maximum atomic E-state index is 13.0. The van der Waals surface area contributed by atoms with Crippen molar-refractivity contribution in [3.63, 3.8) is 0 Å². The van der Waals surface area contributed by atoms with Crippen molar-refractivity contribution in [2.75, 3.05) is 6.54 Å². The smallest absolute Gasteiger partial charge is 0.255 e. The zero-order valence-electron chi connectivity index (χ0n) is 12.3. The van der Waals surface area contributed by atoms with Gasteiger partial charge in [-0.05, 0) is 65.2 Å². The number of nitrogens with zero attached hydrogens (tertiary/aromatic N) is 1. The second-order valence-electron chi connectivity index (χ2n) is 6.40. The summed E-state index contributed by atoms with van der Waals surface area (Å²) in [5, 5.41) is 0. The number of benzene rings is 1. The van der Waals surface area contributed by atoms with Crippen LogP contribution < -0.4 is 0 Å². The minimum Gasteiger partial charge on any atom is -0.335 e. The van der Waals surface area contributed by atoms with Crippen molar-refractivity contribution in [2.24, 2.45) is 11.8 Å². The summed E-state index contributed by atoms with van der Waals surface area (Å²) in [4.78, 5) is 15.1. The molecular formula is C17H21Br2NO. The van der Waals surface area contributed by atoms with Crippen molar-refractivity contribution in [2.45, 2.75) is 45.1 Å². The third-order valence-corrected chi connectivity index (χ3v) is 6.31. The Bertz CT molecular complexity index is 546. The van der Waals surface area contributed by atoms with Crippen molar-refractivity contribution in [1.82, 2.24) is 4.90 Å². The van der Waals surface area contributed by atoms with Gasteiger partial charge in [-0.25, -0.2) is 0 Å². The van der Waals surface area contributed by atoms with Crippen LogP contribution in [0.4, 0.5) is 0 Å². The fourth-order valence-electron chi connectivity index (χ4n) is 3.98. The molecule has 0 aromatic heterocycles. The van der Waals surface area contributed by atoms with E-state index in [9.17, 15) is 4.79 Å². The van der Waals surface area contributed by atoms with E-state index in [1.807, 2.05) is 18.2 Å². The van der Waals surface area contributed by atoms with E-state index in [1.165, 1.54) is 25.7 Å². The Morgan fingerprint density at radius 3 is 2.71 bits per heavy atom. The minimum atomic E-state index is 0.193. The van der Waals surface area contributed by atoms with Gasteiger partial charge < -0.3 is 4.90 Å². The molecule has 0 N–H and O–H groups in total. The lowest BCUT2D eigenvalue weighted by Crippen LogP contribution is -2.52. The first kappa shape index (κ1) is 15.5. The Morgan fingerprint density at radius 1 is 1.19 bits per heavy atom. The van der Waals surface area contributed by atoms with Gasteiger partial charge in [0.2, 0.25) is 0 Å². The Morgan fingerprint density at radius 2 is 1.95 bits per heavy atom. The van der Waals surface area contributed by atoms with Gasteiger partial charge >= 0.3 is 0 Å². The summed E-state index contributed by atoms with van der Waals surface area (Å²) < 4.78 is 1.88. The average Bonchev–Trinajstić information content (AvgIpc) is 2.47. The van der Waals surface area contributed by atoms with Gasteiger partial charge in [0.15, 0.2) is 0 Å². The molecule has 4 heteroatoms. The number of carbonyl (C=O) groups is 1. The molecular weight excluding hydrogens is 394 g/mol. The predicted molar refractivity (Wildman–Crippen MR) is 92.4 cm³/mol. The number of halogens is 2. The van der Waals surface area contributed by atoms with Crippen LogP contribution in [0.3, 0.4) is 0 Å². The average molecular weight is 415 g/mol. The highest BCUT2D eigenvalue weighted by Crippen LogP contribution is 2.39. The van der Waals surface area contributed by atoms with Crippen LogP contribution >= 0.6 is 31.9 Å². The molecule has 1 aromatic rings. The zero-order chi connectivity index (χ0) is 15.0. The Balaban J connectivity index is 1.86. The molecule has 1 saturated carbocycles. The van der Waals surface area contributed by atoms with E-state index in [1.54, 1.807) is 0 Å². The van der Waals surface area contributed by atoms with Crippen LogP contribution in [0.5, 0.6) is 0 Å². The second-order valence-corrected chi connectivity index (χ2v) is 8.17. The fraction of sp³-hybridized carbons (Fsp3) is 0.588. The molecule has 1 heterocycles. The monoisotopic (exact) mass is 413 g/mol. The van der Waals surface area contributed by atoms with Crippen molar-refractivity contribution in [3.05, 3.63) is 32.7 Å². The molecule has 3 unspecified atom stereocenters. The summed E-state index contributed by atoms with van der Waals surface area (Å²) in [6, 6.07) is 6.28. The molecule has 1 amide bonds. The summed E-state index contributed by atoms with van der Waals surface area (Å²) in [5.41, 5.74) is 0.789. The van der Waals surface area contributed by atoms with Gasteiger partial charge in [0.25, 0.3) is 5.91 Å². The molecule has 0 bridgehead atoms. The number of carbonyl (C=O) groups excluding carboxylic acids is 1. The van der Waals surface area contributed by atoms with Crippen LogP contribution in [0.2, 0.25) is 0 Å². The molecule has 21 heavy (non-hydrogen) atoms. The van der Waals surface area contributed by atoms with Crippen molar-refractivity contribution >= 4 is 37.8 Å². The van der Waals surface area contributed by atoms with Gasteiger partial charge in [0, 0.05) is 21.5 Å². The van der Waals surface area contributed by atoms with E-state index in [2.05, 4.69) is 43.7 Å². The highest BCUT2D eigenvalue weighted by atomic mass is 79.9. The van der Waals surface area contributed by atoms with Crippen molar-refractivity contribution in [1.29, 1.82) is 0 Å². The molecule has 3 rings (SSSR count). The molecule has 2 fully saturated rings. The number of likely N-dealkylation sites (tertiary alicyclic amines) is 1. The summed E-state index contributed by atoms with van der Waals surface area (Å²) in [6.07, 6.45) is 6.20. The van der Waals surface area contributed by atoms with Gasteiger partial charge in [-0.2, -0.15) is 0 Å². The number of piperidine rings is 1. The second kappa shape index (κ2) is 6.41. The molecule has 3 atom stereocenters. The van der Waals surface area contributed by atoms with E-state index >= 15 is 0 Å². The minimum absolute atomic E-state index is 0.193. The number of hydrogen-bond donors (Lipinski definition) is 0. The van der Waals surface area contributed by atoms with E-state index in [0.717, 1.165) is 33.4 Å². The molecule has 2 aliphatic rings. The molecule has 1 aliphatic heterocycles. The zero-order valence-corrected chi connectivity index (χ0v) is 15.5. The van der Waals surface area contributed by atoms with Crippen LogP contribution in [0.15, 0.2) is 27.1 Å². The highest BCUT2D eigenvalue weighted by Gasteiger charge is 2.39. The molecule has 1 aliphatic carbocycles. The van der Waals surface area contributed by atoms with Crippen LogP contribution in [0, 0.1) is 11.8 Å². The molecule has 1 saturated heterocycles. The molecule has 2 nitrogen and oxygen atoms in total. The van der Waals surface area contributed by atoms with E-state index in [0.29, 0.717) is 12.0 Å². The van der Waals surface area contributed by atoms with E-state index < -0.39 is 0 Å². The lowest BCUT2D eigenvalue weighted by Gasteiger charge is -2.47. The topological polar surface area (TPSA) is 20.3 Å². The number of fused-ring (bicyclic) bond motifs is 1. The van der Waals surface area contributed by atoms with E-state index in [-0.39, 0.29) is 5.91 Å². The lowest BCUT2D eigenvalue weighted by atomic mass is 9.72. The van der Waals surface area contributed by atoms with Crippen LogP contribution in [-0.4, -0.2) is 23.4 Å². The standard InChI is InChI=1S/C17H21Br2NO/c1-11-8-9-20(16-5-3-2-4-13(11)16)17(21)14-7-6-12(18)10-15(14)19/h6-7,10-11,13,16H,2-5,8-9H2,1H3. The maximum Gasteiger partial charge on any atom is 0.255 e. The summed E-state index contributed by atoms with van der Waals surface area (Å²) in [7, 11) is 0. The first-order valence-electron chi connectivity index (χ1n) is 7.84. The van der Waals surface area contributed by atoms with Crippen LogP contribution in [0.1, 0.15) is 49.4 Å². The van der Waals surface area contributed by atoms with Crippen LogP contribution in [0.25, 0.3) is 0 Å². The number of rotatable bonds is 1. The summed E-state index contributed by atoms with van der Waals surface area (Å²) >= 11 is 6.99. The third kappa shape index (κ3) is 3.07. The third-order valence-electron chi connectivity index (χ3n) is 5.16. The van der Waals surface area contributed by atoms with Gasteiger partial charge in [-0.1, -0.05) is 35.7 Å². The van der Waals surface area contributed by atoms with E-state index in [4.69, 9.17) is 0 Å². The fourth-order valence-corrected chi connectivity index (χ4v) is 5.20. The van der Waals surface area contributed by atoms with Gasteiger partial charge in [-0.3, -0.25) is 4.79 Å². The molecule has 0 spiro atoms. The van der Waals surface area contributed by atoms with Gasteiger partial charge in [-0.15, -0.1) is 0 Å². The van der Waals surface area contributed by atoms with Crippen molar-refractivity contribution < 1.29 is 4.79 Å². The number of hydrogen-bond acceptors (Lipinski definition) is 1. The first-order valence-corrected chi connectivity index (χ1v) is 9.42. The SMILES string of the molecule is CC1CCN(C(=O)c2ccc(Br)cc2Br)C2CCCCC12. The largest absolute Gasteiger partial charge is 0.335 e. The molecule has 114 valence electrons. The Hall–Kier alpha value is -0.350. The normalized spacial score (nSPS) is 29.1. The lowest BCUT2D eigenvalue weighted by molar-refractivity contribution is 0.0217. The Labute approximate surface area is 143 Å². The number of amides is 1. The first-order chi connectivity index (χ1) is 10.1. The maximum absolute atomic E-state index is 13.0. The quantitative estimate of drug-likeness (QED) is 0.614. The molecule has 1 aromatic carbocycles.